The van der Waals surface area contributed by atoms with Crippen LogP contribution in [0.1, 0.15) is 59.5 Å². The summed E-state index contributed by atoms with van der Waals surface area (Å²) in [6.45, 7) is 3.84. The number of halogens is 1. The van der Waals surface area contributed by atoms with Crippen molar-refractivity contribution in [1.82, 2.24) is 4.98 Å². The highest BCUT2D eigenvalue weighted by atomic mass is 79.9. The van der Waals surface area contributed by atoms with Gasteiger partial charge in [0.1, 0.15) is 12.4 Å². The topological polar surface area (TPSA) is 103 Å². The number of pyridine rings is 1. The Morgan fingerprint density at radius 1 is 0.800 bits per heavy atom. The summed E-state index contributed by atoms with van der Waals surface area (Å²) in [5.74, 6) is -1.19. The van der Waals surface area contributed by atoms with Crippen molar-refractivity contribution in [2.24, 2.45) is 0 Å². The minimum absolute atomic E-state index is 0.239. The van der Waals surface area contributed by atoms with Crippen LogP contribution in [-0.2, 0) is 11.3 Å². The summed E-state index contributed by atoms with van der Waals surface area (Å²) in [7, 11) is 0. The third-order valence-corrected chi connectivity index (χ3v) is 9.00. The molecule has 9 heteroatoms. The number of aryl methyl sites for hydroxylation is 1. The van der Waals surface area contributed by atoms with E-state index in [2.05, 4.69) is 15.9 Å². The van der Waals surface area contributed by atoms with Crippen molar-refractivity contribution in [3.63, 3.8) is 0 Å². The number of carbonyl (C=O) groups is 4. The van der Waals surface area contributed by atoms with E-state index >= 15 is 0 Å². The number of hydrogen-bond donors (Lipinski definition) is 0. The maximum absolute atomic E-state index is 13.8. The van der Waals surface area contributed by atoms with Crippen LogP contribution in [0.4, 0.5) is 5.69 Å². The lowest BCUT2D eigenvalue weighted by atomic mass is 10.0. The molecule has 2 heterocycles. The minimum Gasteiger partial charge on any atom is -0.489 e. The summed E-state index contributed by atoms with van der Waals surface area (Å²) in [4.78, 5) is 59.2. The first-order valence-corrected chi connectivity index (χ1v) is 16.7. The molecular formula is C41H29BrN2O6. The monoisotopic (exact) mass is 724 g/mol. The highest BCUT2D eigenvalue weighted by Gasteiger charge is 2.36. The van der Waals surface area contributed by atoms with Crippen LogP contribution in [0.15, 0.2) is 126 Å². The van der Waals surface area contributed by atoms with Crippen molar-refractivity contribution in [2.75, 3.05) is 4.90 Å². The molecule has 0 bridgehead atoms. The first kappa shape index (κ1) is 32.6. The molecule has 0 saturated carbocycles. The van der Waals surface area contributed by atoms with E-state index in [1.807, 2.05) is 43.3 Å². The Morgan fingerprint density at radius 2 is 1.44 bits per heavy atom. The number of hydrogen-bond acceptors (Lipinski definition) is 7. The number of ketones is 1. The number of anilines is 1. The SMILES string of the molecule is Cc1cc(Br)cc2c(C(=O)OC(C)C(=O)c3ccc(OCc4ccccc4)cc3)cc(-c3ccc(N4C(=O)c5ccccc5C4=O)cc3)nc12. The summed E-state index contributed by atoms with van der Waals surface area (Å²) >= 11 is 3.52. The van der Waals surface area contributed by atoms with Gasteiger partial charge in [-0.25, -0.2) is 14.7 Å². The predicted molar refractivity (Wildman–Crippen MR) is 194 cm³/mol. The average molecular weight is 726 g/mol. The number of nitrogens with zero attached hydrogens (tertiary/aromatic N) is 2. The first-order valence-electron chi connectivity index (χ1n) is 15.9. The zero-order valence-electron chi connectivity index (χ0n) is 27.1. The maximum Gasteiger partial charge on any atom is 0.339 e. The van der Waals surface area contributed by atoms with Gasteiger partial charge in [-0.2, -0.15) is 0 Å². The zero-order chi connectivity index (χ0) is 34.9. The minimum atomic E-state index is -1.07. The van der Waals surface area contributed by atoms with E-state index in [0.717, 1.165) is 20.5 Å². The molecule has 1 atom stereocenters. The second kappa shape index (κ2) is 13.5. The molecule has 1 unspecified atom stereocenters. The Balaban J connectivity index is 1.12. The third-order valence-electron chi connectivity index (χ3n) is 8.54. The molecule has 246 valence electrons. The molecule has 0 radical (unpaired) electrons. The Bertz CT molecular complexity index is 2270. The smallest absolute Gasteiger partial charge is 0.339 e. The van der Waals surface area contributed by atoms with Gasteiger partial charge in [0, 0.05) is 21.0 Å². The van der Waals surface area contributed by atoms with E-state index in [1.54, 1.807) is 91.9 Å². The first-order chi connectivity index (χ1) is 24.2. The molecule has 1 aromatic heterocycles. The fraction of sp³-hybridized carbons (Fsp3) is 0.0976. The molecule has 0 spiro atoms. The maximum atomic E-state index is 13.8. The van der Waals surface area contributed by atoms with Gasteiger partial charge in [-0.15, -0.1) is 0 Å². The van der Waals surface area contributed by atoms with Crippen LogP contribution in [-0.4, -0.2) is 34.7 Å². The Kier molecular flexibility index (Phi) is 8.82. The molecule has 2 amide bonds. The summed E-state index contributed by atoms with van der Waals surface area (Å²) in [5.41, 5.74) is 5.34. The largest absolute Gasteiger partial charge is 0.489 e. The van der Waals surface area contributed by atoms with E-state index in [-0.39, 0.29) is 23.2 Å². The molecule has 50 heavy (non-hydrogen) atoms. The summed E-state index contributed by atoms with van der Waals surface area (Å²) in [5, 5.41) is 0.563. The number of amides is 2. The fourth-order valence-corrected chi connectivity index (χ4v) is 6.52. The van der Waals surface area contributed by atoms with Gasteiger partial charge in [0.2, 0.25) is 5.78 Å². The average Bonchev–Trinajstić information content (AvgIpc) is 3.39. The van der Waals surface area contributed by atoms with E-state index in [4.69, 9.17) is 14.5 Å². The van der Waals surface area contributed by atoms with Crippen LogP contribution < -0.4 is 9.64 Å². The lowest BCUT2D eigenvalue weighted by molar-refractivity contribution is 0.0320. The molecule has 6 aromatic rings. The highest BCUT2D eigenvalue weighted by molar-refractivity contribution is 9.10. The third kappa shape index (κ3) is 6.31. The molecule has 0 aliphatic carbocycles. The summed E-state index contributed by atoms with van der Waals surface area (Å²) < 4.78 is 12.4. The van der Waals surface area contributed by atoms with Crippen LogP contribution in [0.25, 0.3) is 22.2 Å². The highest BCUT2D eigenvalue weighted by Crippen LogP contribution is 2.33. The summed E-state index contributed by atoms with van der Waals surface area (Å²) in [6, 6.07) is 35.4. The van der Waals surface area contributed by atoms with Crippen molar-refractivity contribution in [2.45, 2.75) is 26.6 Å². The van der Waals surface area contributed by atoms with Crippen LogP contribution in [0.3, 0.4) is 0 Å². The Morgan fingerprint density at radius 3 is 2.10 bits per heavy atom. The number of fused-ring (bicyclic) bond motifs is 2. The van der Waals surface area contributed by atoms with Gasteiger partial charge in [0.15, 0.2) is 6.10 Å². The lowest BCUT2D eigenvalue weighted by Crippen LogP contribution is -2.29. The standard InChI is InChI=1S/C41H29BrN2O6/c1-24-20-29(42)21-34-35(41(48)50-25(2)38(45)28-14-18-31(19-15-28)49-23-26-8-4-3-5-9-26)22-36(43-37(24)34)27-12-16-30(17-13-27)44-39(46)32-10-6-7-11-33(32)40(44)47/h3-22,25H,23H2,1-2H3. The number of carbonyl (C=O) groups excluding carboxylic acids is 4. The fourth-order valence-electron chi connectivity index (χ4n) is 5.95. The van der Waals surface area contributed by atoms with Crippen molar-refractivity contribution in [3.8, 4) is 17.0 Å². The number of ether oxygens (including phenoxy) is 2. The van der Waals surface area contributed by atoms with Gasteiger partial charge >= 0.3 is 5.97 Å². The van der Waals surface area contributed by atoms with Gasteiger partial charge in [0.25, 0.3) is 11.8 Å². The van der Waals surface area contributed by atoms with E-state index in [0.29, 0.717) is 56.9 Å². The number of esters is 1. The number of rotatable bonds is 9. The summed E-state index contributed by atoms with van der Waals surface area (Å²) in [6.07, 6.45) is -1.07. The lowest BCUT2D eigenvalue weighted by Gasteiger charge is -2.16. The van der Waals surface area contributed by atoms with Gasteiger partial charge in [-0.1, -0.05) is 70.5 Å². The molecule has 5 aromatic carbocycles. The van der Waals surface area contributed by atoms with Crippen LogP contribution >= 0.6 is 15.9 Å². The molecule has 7 rings (SSSR count). The van der Waals surface area contributed by atoms with Crippen molar-refractivity contribution < 1.29 is 28.7 Å². The number of benzene rings is 5. The van der Waals surface area contributed by atoms with E-state index in [9.17, 15) is 19.2 Å². The van der Waals surface area contributed by atoms with Crippen molar-refractivity contribution in [3.05, 3.63) is 159 Å². The molecule has 0 N–H and O–H groups in total. The van der Waals surface area contributed by atoms with Crippen molar-refractivity contribution in [1.29, 1.82) is 0 Å². The zero-order valence-corrected chi connectivity index (χ0v) is 28.6. The van der Waals surface area contributed by atoms with Gasteiger partial charge in [0.05, 0.1) is 33.6 Å². The molecule has 0 saturated heterocycles. The van der Waals surface area contributed by atoms with Crippen LogP contribution in [0.5, 0.6) is 5.75 Å². The van der Waals surface area contributed by atoms with Gasteiger partial charge < -0.3 is 9.47 Å². The van der Waals surface area contributed by atoms with Crippen LogP contribution in [0, 0.1) is 6.92 Å². The molecule has 1 aliphatic rings. The quantitative estimate of drug-likeness (QED) is 0.0834. The number of aromatic nitrogens is 1. The second-order valence-corrected chi connectivity index (χ2v) is 12.8. The molecule has 1 aliphatic heterocycles. The Hall–Kier alpha value is -5.93. The molecule has 8 nitrogen and oxygen atoms in total. The normalized spacial score (nSPS) is 12.9. The number of imide groups is 1. The predicted octanol–water partition coefficient (Wildman–Crippen LogP) is 8.78. The molecule has 0 fully saturated rings. The van der Waals surface area contributed by atoms with E-state index in [1.165, 1.54) is 0 Å². The number of Topliss-reactive ketones (excluding diaryl/α,β-unsaturated/α-hetero) is 1. The van der Waals surface area contributed by atoms with Crippen molar-refractivity contribution >= 4 is 56.1 Å². The second-order valence-electron chi connectivity index (χ2n) is 11.9. The van der Waals surface area contributed by atoms with E-state index < -0.39 is 12.1 Å². The van der Waals surface area contributed by atoms with Gasteiger partial charge in [-0.05, 0) is 91.7 Å². The molecular weight excluding hydrogens is 696 g/mol. The Labute approximate surface area is 296 Å². The van der Waals surface area contributed by atoms with Crippen LogP contribution in [0.2, 0.25) is 0 Å². The van der Waals surface area contributed by atoms with Gasteiger partial charge in [-0.3, -0.25) is 14.4 Å².